The number of hydrogen-bond acceptors (Lipinski definition) is 6. The van der Waals surface area contributed by atoms with Gasteiger partial charge in [0.05, 0.1) is 18.4 Å². The van der Waals surface area contributed by atoms with Gasteiger partial charge in [0.1, 0.15) is 5.75 Å². The molecule has 1 amide bonds. The maximum Gasteiger partial charge on any atom is 0.338 e. The zero-order chi connectivity index (χ0) is 17.2. The third-order valence-corrected chi connectivity index (χ3v) is 2.82. The first-order valence-corrected chi connectivity index (χ1v) is 7.31. The van der Waals surface area contributed by atoms with Crippen molar-refractivity contribution in [1.29, 1.82) is 0 Å². The zero-order valence-electron chi connectivity index (χ0n) is 13.1. The predicted molar refractivity (Wildman–Crippen MR) is 87.9 cm³/mol. The van der Waals surface area contributed by atoms with Crippen molar-refractivity contribution in [2.75, 3.05) is 13.2 Å². The van der Waals surface area contributed by atoms with Crippen LogP contribution < -0.4 is 10.2 Å². The van der Waals surface area contributed by atoms with E-state index in [-0.39, 0.29) is 6.61 Å². The van der Waals surface area contributed by atoms with Gasteiger partial charge in [-0.2, -0.15) is 5.10 Å². The van der Waals surface area contributed by atoms with Crippen LogP contribution in [0.5, 0.6) is 5.75 Å². The lowest BCUT2D eigenvalue weighted by Crippen LogP contribution is -2.24. The van der Waals surface area contributed by atoms with Gasteiger partial charge in [-0.15, -0.1) is 0 Å². The molecule has 0 spiro atoms. The fourth-order valence-electron chi connectivity index (χ4n) is 1.71. The summed E-state index contributed by atoms with van der Waals surface area (Å²) in [5.41, 5.74) is 3.55. The van der Waals surface area contributed by atoms with E-state index in [9.17, 15) is 9.59 Å². The Bertz CT molecular complexity index is 700. The highest BCUT2D eigenvalue weighted by molar-refractivity contribution is 5.89. The average Bonchev–Trinajstić information content (AvgIpc) is 2.61. The van der Waals surface area contributed by atoms with Gasteiger partial charge in [-0.05, 0) is 37.3 Å². The summed E-state index contributed by atoms with van der Waals surface area (Å²) in [5.74, 6) is -0.328. The molecule has 7 heteroatoms. The Morgan fingerprint density at radius 1 is 1.25 bits per heavy atom. The molecule has 0 saturated carbocycles. The van der Waals surface area contributed by atoms with Crippen LogP contribution in [0.1, 0.15) is 22.8 Å². The Morgan fingerprint density at radius 3 is 2.71 bits per heavy atom. The number of ether oxygens (including phenoxy) is 2. The van der Waals surface area contributed by atoms with Gasteiger partial charge in [-0.25, -0.2) is 10.2 Å². The number of aromatic nitrogens is 1. The molecule has 2 aromatic rings. The summed E-state index contributed by atoms with van der Waals surface area (Å²) in [4.78, 5) is 27.1. The topological polar surface area (TPSA) is 89.9 Å². The number of hydrazone groups is 1. The summed E-state index contributed by atoms with van der Waals surface area (Å²) >= 11 is 0. The van der Waals surface area contributed by atoms with Crippen molar-refractivity contribution < 1.29 is 19.1 Å². The number of pyridine rings is 1. The Kier molecular flexibility index (Phi) is 6.46. The van der Waals surface area contributed by atoms with Gasteiger partial charge in [0, 0.05) is 18.0 Å². The SMILES string of the molecule is CCOC(=O)c1ccc(OCC(=O)N/N=C/c2cccnc2)cc1. The van der Waals surface area contributed by atoms with E-state index in [1.54, 1.807) is 49.6 Å². The molecule has 0 bridgehead atoms. The summed E-state index contributed by atoms with van der Waals surface area (Å²) < 4.78 is 10.2. The van der Waals surface area contributed by atoms with E-state index in [1.807, 2.05) is 6.07 Å². The number of carbonyl (C=O) groups is 2. The molecular weight excluding hydrogens is 310 g/mol. The van der Waals surface area contributed by atoms with Crippen LogP contribution in [0.2, 0.25) is 0 Å². The van der Waals surface area contributed by atoms with E-state index < -0.39 is 11.9 Å². The second kappa shape index (κ2) is 9.04. The Balaban J connectivity index is 1.77. The Hall–Kier alpha value is -3.22. The van der Waals surface area contributed by atoms with Crippen molar-refractivity contribution in [3.05, 3.63) is 59.9 Å². The quantitative estimate of drug-likeness (QED) is 0.476. The van der Waals surface area contributed by atoms with Crippen molar-refractivity contribution in [3.63, 3.8) is 0 Å². The molecule has 0 aliphatic carbocycles. The molecule has 7 nitrogen and oxygen atoms in total. The summed E-state index contributed by atoms with van der Waals surface area (Å²) in [6.07, 6.45) is 4.76. The van der Waals surface area contributed by atoms with Crippen molar-refractivity contribution in [2.45, 2.75) is 6.92 Å². The van der Waals surface area contributed by atoms with E-state index in [2.05, 4.69) is 15.5 Å². The molecule has 1 N–H and O–H groups in total. The zero-order valence-corrected chi connectivity index (χ0v) is 13.1. The number of nitrogens with one attached hydrogen (secondary N) is 1. The standard InChI is InChI=1S/C17H17N3O4/c1-2-23-17(22)14-5-7-15(8-6-14)24-12-16(21)20-19-11-13-4-3-9-18-10-13/h3-11H,2,12H2,1H3,(H,20,21)/b19-11+. The molecule has 1 aromatic heterocycles. The first-order chi connectivity index (χ1) is 11.7. The van der Waals surface area contributed by atoms with Crippen LogP contribution in [0.3, 0.4) is 0 Å². The molecule has 0 aliphatic heterocycles. The van der Waals surface area contributed by atoms with E-state index >= 15 is 0 Å². The van der Waals surface area contributed by atoms with Gasteiger partial charge in [-0.3, -0.25) is 9.78 Å². The minimum Gasteiger partial charge on any atom is -0.484 e. The maximum absolute atomic E-state index is 11.6. The number of hydrogen-bond donors (Lipinski definition) is 1. The minimum atomic E-state index is -0.399. The number of carbonyl (C=O) groups excluding carboxylic acids is 2. The van der Waals surface area contributed by atoms with Crippen LogP contribution in [-0.2, 0) is 9.53 Å². The molecule has 0 fully saturated rings. The number of amides is 1. The molecule has 124 valence electrons. The molecular formula is C17H17N3O4. The second-order valence-electron chi connectivity index (χ2n) is 4.61. The molecule has 1 aromatic carbocycles. The first-order valence-electron chi connectivity index (χ1n) is 7.31. The van der Waals surface area contributed by atoms with Crippen molar-refractivity contribution in [3.8, 4) is 5.75 Å². The second-order valence-corrected chi connectivity index (χ2v) is 4.61. The first kappa shape index (κ1) is 17.1. The van der Waals surface area contributed by atoms with Crippen LogP contribution in [0, 0.1) is 0 Å². The van der Waals surface area contributed by atoms with E-state index in [0.717, 1.165) is 5.56 Å². The smallest absolute Gasteiger partial charge is 0.338 e. The van der Waals surface area contributed by atoms with Gasteiger partial charge in [0.15, 0.2) is 6.61 Å². The number of rotatable bonds is 7. The van der Waals surface area contributed by atoms with Crippen LogP contribution in [-0.4, -0.2) is 36.3 Å². The van der Waals surface area contributed by atoms with Crippen LogP contribution >= 0.6 is 0 Å². The summed E-state index contributed by atoms with van der Waals surface area (Å²) in [7, 11) is 0. The van der Waals surface area contributed by atoms with Gasteiger partial charge >= 0.3 is 5.97 Å². The summed E-state index contributed by atoms with van der Waals surface area (Å²) in [6.45, 7) is 1.87. The minimum absolute atomic E-state index is 0.191. The lowest BCUT2D eigenvalue weighted by Gasteiger charge is -2.06. The summed E-state index contributed by atoms with van der Waals surface area (Å²) in [6, 6.07) is 9.92. The van der Waals surface area contributed by atoms with Crippen LogP contribution in [0.25, 0.3) is 0 Å². The van der Waals surface area contributed by atoms with E-state index in [0.29, 0.717) is 17.9 Å². The van der Waals surface area contributed by atoms with Crippen molar-refractivity contribution in [1.82, 2.24) is 10.4 Å². The highest BCUT2D eigenvalue weighted by Gasteiger charge is 2.06. The van der Waals surface area contributed by atoms with Gasteiger partial charge < -0.3 is 9.47 Å². The van der Waals surface area contributed by atoms with E-state index in [4.69, 9.17) is 9.47 Å². The molecule has 0 unspecified atom stereocenters. The van der Waals surface area contributed by atoms with Crippen molar-refractivity contribution in [2.24, 2.45) is 5.10 Å². The lowest BCUT2D eigenvalue weighted by molar-refractivity contribution is -0.123. The molecule has 24 heavy (non-hydrogen) atoms. The monoisotopic (exact) mass is 327 g/mol. The van der Waals surface area contributed by atoms with Crippen LogP contribution in [0.15, 0.2) is 53.9 Å². The van der Waals surface area contributed by atoms with Gasteiger partial charge in [-0.1, -0.05) is 6.07 Å². The van der Waals surface area contributed by atoms with Crippen LogP contribution in [0.4, 0.5) is 0 Å². The highest BCUT2D eigenvalue weighted by atomic mass is 16.5. The lowest BCUT2D eigenvalue weighted by atomic mass is 10.2. The Labute approximate surface area is 139 Å². The average molecular weight is 327 g/mol. The fourth-order valence-corrected chi connectivity index (χ4v) is 1.71. The van der Waals surface area contributed by atoms with Crippen molar-refractivity contribution >= 4 is 18.1 Å². The molecule has 0 aliphatic rings. The molecule has 2 rings (SSSR count). The molecule has 1 heterocycles. The largest absolute Gasteiger partial charge is 0.484 e. The van der Waals surface area contributed by atoms with E-state index in [1.165, 1.54) is 6.21 Å². The van der Waals surface area contributed by atoms with Gasteiger partial charge in [0.25, 0.3) is 5.91 Å². The Morgan fingerprint density at radius 2 is 2.04 bits per heavy atom. The summed E-state index contributed by atoms with van der Waals surface area (Å²) in [5, 5.41) is 3.81. The molecule has 0 atom stereocenters. The molecule has 0 radical (unpaired) electrons. The highest BCUT2D eigenvalue weighted by Crippen LogP contribution is 2.12. The molecule has 0 saturated heterocycles. The van der Waals surface area contributed by atoms with Gasteiger partial charge in [0.2, 0.25) is 0 Å². The number of nitrogens with zero attached hydrogens (tertiary/aromatic N) is 2. The fraction of sp³-hybridized carbons (Fsp3) is 0.176. The third kappa shape index (κ3) is 5.53. The predicted octanol–water partition coefficient (Wildman–Crippen LogP) is 1.79. The maximum atomic E-state index is 11.6. The third-order valence-electron chi connectivity index (χ3n) is 2.82. The number of benzene rings is 1. The number of esters is 1. The normalized spacial score (nSPS) is 10.4.